The van der Waals surface area contributed by atoms with Gasteiger partial charge in [0, 0.05) is 12.7 Å². The number of nitrogens with zero attached hydrogens (tertiary/aromatic N) is 2. The first-order valence-corrected chi connectivity index (χ1v) is 7.87. The molecule has 5 heteroatoms. The fraction of sp³-hybridized carbons (Fsp3) is 0.158. The largest absolute Gasteiger partial charge is 0.351 e. The van der Waals surface area contributed by atoms with Gasteiger partial charge in [0.1, 0.15) is 11.5 Å². The van der Waals surface area contributed by atoms with Gasteiger partial charge in [-0.15, -0.1) is 0 Å². The van der Waals surface area contributed by atoms with E-state index in [0.29, 0.717) is 12.2 Å². The van der Waals surface area contributed by atoms with Crippen molar-refractivity contribution in [3.05, 3.63) is 83.9 Å². The summed E-state index contributed by atoms with van der Waals surface area (Å²) in [6.45, 7) is 0.570. The molecule has 0 atom stereocenters. The number of aromatic nitrogens is 2. The molecule has 1 N–H and O–H groups in total. The van der Waals surface area contributed by atoms with Crippen LogP contribution in [0.2, 0.25) is 0 Å². The van der Waals surface area contributed by atoms with Gasteiger partial charge in [-0.1, -0.05) is 42.5 Å². The third-order valence-corrected chi connectivity index (χ3v) is 3.69. The van der Waals surface area contributed by atoms with E-state index < -0.39 is 0 Å². The molecule has 3 rings (SSSR count). The molecule has 0 saturated heterocycles. The van der Waals surface area contributed by atoms with E-state index in [4.69, 9.17) is 0 Å². The normalized spacial score (nSPS) is 10.5. The zero-order chi connectivity index (χ0) is 16.8. The summed E-state index contributed by atoms with van der Waals surface area (Å²) in [6, 6.07) is 18.0. The maximum Gasteiger partial charge on any atom is 0.271 e. The Kier molecular flexibility index (Phi) is 5.01. The first-order valence-electron chi connectivity index (χ1n) is 7.87. The van der Waals surface area contributed by atoms with Crippen LogP contribution in [0.1, 0.15) is 22.5 Å². The van der Waals surface area contributed by atoms with Gasteiger partial charge in [-0.25, -0.2) is 9.07 Å². The van der Waals surface area contributed by atoms with Crippen LogP contribution in [-0.2, 0) is 6.42 Å². The van der Waals surface area contributed by atoms with Gasteiger partial charge in [0.15, 0.2) is 5.69 Å². The van der Waals surface area contributed by atoms with Crippen LogP contribution in [0.4, 0.5) is 4.39 Å². The number of hydrogen-bond donors (Lipinski definition) is 1. The number of benzene rings is 2. The van der Waals surface area contributed by atoms with E-state index in [2.05, 4.69) is 22.5 Å². The van der Waals surface area contributed by atoms with E-state index >= 15 is 0 Å². The summed E-state index contributed by atoms with van der Waals surface area (Å²) in [4.78, 5) is 12.1. The molecule has 4 nitrogen and oxygen atoms in total. The summed E-state index contributed by atoms with van der Waals surface area (Å²) in [7, 11) is 0. The Labute approximate surface area is 139 Å². The third kappa shape index (κ3) is 3.87. The summed E-state index contributed by atoms with van der Waals surface area (Å²) < 4.78 is 15.1. The smallest absolute Gasteiger partial charge is 0.271 e. The van der Waals surface area contributed by atoms with E-state index in [-0.39, 0.29) is 17.4 Å². The lowest BCUT2D eigenvalue weighted by atomic mass is 10.1. The van der Waals surface area contributed by atoms with Crippen molar-refractivity contribution >= 4 is 5.91 Å². The molecule has 122 valence electrons. The number of para-hydroxylation sites is 1. The van der Waals surface area contributed by atoms with E-state index in [1.807, 2.05) is 18.2 Å². The number of aryl methyl sites for hydroxylation is 1. The monoisotopic (exact) mass is 323 g/mol. The SMILES string of the molecule is O=C(NCCCc1ccccc1)c1ccn(-c2ccccc2F)n1. The van der Waals surface area contributed by atoms with E-state index in [1.54, 1.807) is 30.5 Å². The average Bonchev–Trinajstić information content (AvgIpc) is 3.10. The molecule has 0 spiro atoms. The quantitative estimate of drug-likeness (QED) is 0.707. The van der Waals surface area contributed by atoms with Gasteiger partial charge >= 0.3 is 0 Å². The molecule has 0 fully saturated rings. The number of carbonyl (C=O) groups is 1. The predicted octanol–water partition coefficient (Wildman–Crippen LogP) is 3.37. The molecule has 1 heterocycles. The maximum atomic E-state index is 13.7. The zero-order valence-electron chi connectivity index (χ0n) is 13.2. The summed E-state index contributed by atoms with van der Waals surface area (Å²) in [5.41, 5.74) is 1.84. The lowest BCUT2D eigenvalue weighted by Gasteiger charge is -2.04. The van der Waals surface area contributed by atoms with Gasteiger partial charge in [-0.2, -0.15) is 5.10 Å². The van der Waals surface area contributed by atoms with Crippen LogP contribution in [0.25, 0.3) is 5.69 Å². The van der Waals surface area contributed by atoms with Gasteiger partial charge in [0.2, 0.25) is 0 Å². The van der Waals surface area contributed by atoms with Crippen molar-refractivity contribution < 1.29 is 9.18 Å². The molecular weight excluding hydrogens is 305 g/mol. The highest BCUT2D eigenvalue weighted by molar-refractivity contribution is 5.92. The number of amides is 1. The molecular formula is C19H18FN3O. The van der Waals surface area contributed by atoms with Crippen LogP contribution in [0.5, 0.6) is 0 Å². The highest BCUT2D eigenvalue weighted by Gasteiger charge is 2.11. The van der Waals surface area contributed by atoms with Gasteiger partial charge in [0.25, 0.3) is 5.91 Å². The van der Waals surface area contributed by atoms with Crippen molar-refractivity contribution in [2.24, 2.45) is 0 Å². The fourth-order valence-electron chi connectivity index (χ4n) is 2.45. The first-order chi connectivity index (χ1) is 11.7. The van der Waals surface area contributed by atoms with Crippen LogP contribution in [0.3, 0.4) is 0 Å². The average molecular weight is 323 g/mol. The highest BCUT2D eigenvalue weighted by atomic mass is 19.1. The second-order valence-corrected chi connectivity index (χ2v) is 5.44. The van der Waals surface area contributed by atoms with E-state index in [1.165, 1.54) is 16.3 Å². The van der Waals surface area contributed by atoms with E-state index in [0.717, 1.165) is 12.8 Å². The summed E-state index contributed by atoms with van der Waals surface area (Å²) >= 11 is 0. The van der Waals surface area contributed by atoms with Gasteiger partial charge in [-0.05, 0) is 36.6 Å². The van der Waals surface area contributed by atoms with E-state index in [9.17, 15) is 9.18 Å². The van der Waals surface area contributed by atoms with Crippen molar-refractivity contribution in [2.45, 2.75) is 12.8 Å². The standard InChI is InChI=1S/C19H18FN3O/c20-16-10-4-5-11-18(16)23-14-12-17(22-23)19(24)21-13-6-9-15-7-2-1-3-8-15/h1-5,7-8,10-12,14H,6,9,13H2,(H,21,24). The minimum absolute atomic E-state index is 0.252. The fourth-order valence-corrected chi connectivity index (χ4v) is 2.45. The molecule has 0 bridgehead atoms. The Morgan fingerprint density at radius 2 is 1.79 bits per heavy atom. The lowest BCUT2D eigenvalue weighted by Crippen LogP contribution is -2.25. The second-order valence-electron chi connectivity index (χ2n) is 5.44. The third-order valence-electron chi connectivity index (χ3n) is 3.69. The van der Waals surface area contributed by atoms with Crippen molar-refractivity contribution in [1.82, 2.24) is 15.1 Å². The van der Waals surface area contributed by atoms with Crippen LogP contribution in [0.15, 0.2) is 66.9 Å². The highest BCUT2D eigenvalue weighted by Crippen LogP contribution is 2.12. The molecule has 0 unspecified atom stereocenters. The molecule has 3 aromatic rings. The predicted molar refractivity (Wildman–Crippen MR) is 90.6 cm³/mol. The zero-order valence-corrected chi connectivity index (χ0v) is 13.2. The minimum atomic E-state index is -0.379. The van der Waals surface area contributed by atoms with Gasteiger partial charge in [0.05, 0.1) is 0 Å². The van der Waals surface area contributed by atoms with Gasteiger partial charge in [-0.3, -0.25) is 4.79 Å². The van der Waals surface area contributed by atoms with Crippen molar-refractivity contribution in [2.75, 3.05) is 6.54 Å². The molecule has 0 aliphatic rings. The number of rotatable bonds is 6. The Morgan fingerprint density at radius 3 is 2.58 bits per heavy atom. The Hall–Kier alpha value is -2.95. The molecule has 0 aliphatic heterocycles. The van der Waals surface area contributed by atoms with Crippen LogP contribution in [0, 0.1) is 5.82 Å². The second kappa shape index (κ2) is 7.55. The molecule has 0 saturated carbocycles. The Morgan fingerprint density at radius 1 is 1.04 bits per heavy atom. The molecule has 1 aromatic heterocycles. The van der Waals surface area contributed by atoms with Gasteiger partial charge < -0.3 is 5.32 Å². The maximum absolute atomic E-state index is 13.7. The number of hydrogen-bond acceptors (Lipinski definition) is 2. The Balaban J connectivity index is 1.54. The number of carbonyl (C=O) groups excluding carboxylic acids is 1. The van der Waals surface area contributed by atoms with Crippen molar-refractivity contribution in [3.63, 3.8) is 0 Å². The summed E-state index contributed by atoms with van der Waals surface area (Å²) in [5, 5.41) is 6.98. The molecule has 0 aliphatic carbocycles. The minimum Gasteiger partial charge on any atom is -0.351 e. The Bertz CT molecular complexity index is 814. The topological polar surface area (TPSA) is 46.9 Å². The molecule has 1 amide bonds. The van der Waals surface area contributed by atoms with Crippen LogP contribution in [-0.4, -0.2) is 22.2 Å². The van der Waals surface area contributed by atoms with Crippen LogP contribution < -0.4 is 5.32 Å². The van der Waals surface area contributed by atoms with Crippen LogP contribution >= 0.6 is 0 Å². The molecule has 24 heavy (non-hydrogen) atoms. The van der Waals surface area contributed by atoms with Crippen molar-refractivity contribution in [1.29, 1.82) is 0 Å². The lowest BCUT2D eigenvalue weighted by molar-refractivity contribution is 0.0948. The van der Waals surface area contributed by atoms with Crippen molar-refractivity contribution in [3.8, 4) is 5.69 Å². The number of halogens is 1. The first kappa shape index (κ1) is 15.9. The molecule has 0 radical (unpaired) electrons. The number of nitrogens with one attached hydrogen (secondary N) is 1. The molecule has 2 aromatic carbocycles. The summed E-state index contributed by atoms with van der Waals surface area (Å²) in [6.07, 6.45) is 3.34. The summed E-state index contributed by atoms with van der Waals surface area (Å²) in [5.74, 6) is -0.631.